The Morgan fingerprint density at radius 1 is 1.53 bits per heavy atom. The number of hydrogen-bond acceptors (Lipinski definition) is 3. The van der Waals surface area contributed by atoms with E-state index in [0.29, 0.717) is 25.2 Å². The van der Waals surface area contributed by atoms with Gasteiger partial charge >= 0.3 is 5.97 Å². The van der Waals surface area contributed by atoms with E-state index in [4.69, 9.17) is 16.6 Å². The van der Waals surface area contributed by atoms with Gasteiger partial charge in [0.25, 0.3) is 0 Å². The number of rotatable bonds is 8. The quantitative estimate of drug-likeness (QED) is 0.337. The van der Waals surface area contributed by atoms with E-state index in [2.05, 4.69) is 4.99 Å². The molecule has 98 valence electrons. The van der Waals surface area contributed by atoms with Crippen LogP contribution in [0.5, 0.6) is 0 Å². The van der Waals surface area contributed by atoms with Crippen molar-refractivity contribution in [1.29, 1.82) is 0 Å². The van der Waals surface area contributed by atoms with Crippen LogP contribution in [0.3, 0.4) is 0 Å². The number of aliphatic carboxylic acids is 1. The van der Waals surface area contributed by atoms with E-state index in [0.717, 1.165) is 6.42 Å². The van der Waals surface area contributed by atoms with Crippen LogP contribution in [-0.4, -0.2) is 29.5 Å². The van der Waals surface area contributed by atoms with E-state index in [1.54, 1.807) is 0 Å². The predicted octanol–water partition coefficient (Wildman–Crippen LogP) is 1.14. The highest BCUT2D eigenvalue weighted by Gasteiger charge is 2.21. The highest BCUT2D eigenvalue weighted by Crippen LogP contribution is 2.12. The van der Waals surface area contributed by atoms with Crippen molar-refractivity contribution in [1.82, 2.24) is 0 Å². The van der Waals surface area contributed by atoms with Crippen LogP contribution in [0.15, 0.2) is 17.1 Å². The maximum atomic E-state index is 10.7. The maximum absolute atomic E-state index is 10.7. The van der Waals surface area contributed by atoms with Crippen molar-refractivity contribution in [2.45, 2.75) is 39.2 Å². The number of carbonyl (C=O) groups is 1. The molecule has 5 nitrogen and oxygen atoms in total. The van der Waals surface area contributed by atoms with Gasteiger partial charge in [0.05, 0.1) is 5.84 Å². The van der Waals surface area contributed by atoms with Gasteiger partial charge in [0.2, 0.25) is 0 Å². The molecule has 0 aliphatic carbocycles. The SMILES string of the molecule is CC=CCC(N)=NCCC(CC)[C@H](N)C(=O)O. The Morgan fingerprint density at radius 3 is 2.65 bits per heavy atom. The molecule has 2 atom stereocenters. The molecule has 0 heterocycles. The first kappa shape index (κ1) is 15.6. The molecule has 0 saturated carbocycles. The second-order valence-electron chi connectivity index (χ2n) is 3.97. The van der Waals surface area contributed by atoms with E-state index in [1.165, 1.54) is 0 Å². The number of allylic oxidation sites excluding steroid dienone is 1. The molecule has 5 N–H and O–H groups in total. The van der Waals surface area contributed by atoms with Gasteiger partial charge in [0.1, 0.15) is 6.04 Å². The van der Waals surface area contributed by atoms with Gasteiger partial charge in [-0.05, 0) is 19.3 Å². The average molecular weight is 241 g/mol. The van der Waals surface area contributed by atoms with Gasteiger partial charge < -0.3 is 16.6 Å². The Balaban J connectivity index is 4.11. The lowest BCUT2D eigenvalue weighted by atomic mass is 9.94. The number of hydrogen-bond donors (Lipinski definition) is 3. The Kier molecular flexibility index (Phi) is 8.05. The van der Waals surface area contributed by atoms with E-state index < -0.39 is 12.0 Å². The van der Waals surface area contributed by atoms with Gasteiger partial charge in [0.15, 0.2) is 0 Å². The van der Waals surface area contributed by atoms with Gasteiger partial charge in [-0.3, -0.25) is 9.79 Å². The fourth-order valence-electron chi connectivity index (χ4n) is 1.52. The second kappa shape index (κ2) is 8.75. The fraction of sp³-hybridized carbons (Fsp3) is 0.667. The number of amidine groups is 1. The third-order valence-corrected chi connectivity index (χ3v) is 2.69. The summed E-state index contributed by atoms with van der Waals surface area (Å²) in [6, 6.07) is -0.813. The monoisotopic (exact) mass is 241 g/mol. The molecule has 0 spiro atoms. The summed E-state index contributed by atoms with van der Waals surface area (Å²) in [5.41, 5.74) is 11.3. The van der Waals surface area contributed by atoms with Crippen LogP contribution in [0.1, 0.15) is 33.1 Å². The lowest BCUT2D eigenvalue weighted by Gasteiger charge is -2.17. The summed E-state index contributed by atoms with van der Waals surface area (Å²) in [4.78, 5) is 14.9. The molecule has 0 radical (unpaired) electrons. The Hall–Kier alpha value is -1.36. The summed E-state index contributed by atoms with van der Waals surface area (Å²) in [6.45, 7) is 4.38. The normalized spacial score (nSPS) is 16.1. The first-order chi connectivity index (χ1) is 8.02. The summed E-state index contributed by atoms with van der Waals surface area (Å²) in [5.74, 6) is -0.435. The predicted molar refractivity (Wildman–Crippen MR) is 69.9 cm³/mol. The molecule has 0 aromatic rings. The minimum absolute atomic E-state index is 0.0502. The van der Waals surface area contributed by atoms with E-state index >= 15 is 0 Å². The van der Waals surface area contributed by atoms with Crippen molar-refractivity contribution >= 4 is 11.8 Å². The summed E-state index contributed by atoms with van der Waals surface area (Å²) in [5, 5.41) is 8.81. The van der Waals surface area contributed by atoms with Crippen LogP contribution in [-0.2, 0) is 4.79 Å². The minimum Gasteiger partial charge on any atom is -0.480 e. The van der Waals surface area contributed by atoms with E-state index in [-0.39, 0.29) is 5.92 Å². The fourth-order valence-corrected chi connectivity index (χ4v) is 1.52. The molecule has 0 aromatic heterocycles. The summed E-state index contributed by atoms with van der Waals surface area (Å²) in [7, 11) is 0. The molecule has 0 fully saturated rings. The molecule has 0 aliphatic heterocycles. The third-order valence-electron chi connectivity index (χ3n) is 2.69. The summed E-state index contributed by atoms with van der Waals surface area (Å²) >= 11 is 0. The molecule has 0 aliphatic rings. The molecule has 0 rings (SSSR count). The van der Waals surface area contributed by atoms with Gasteiger partial charge in [-0.2, -0.15) is 0 Å². The van der Waals surface area contributed by atoms with Crippen molar-refractivity contribution in [3.63, 3.8) is 0 Å². The zero-order valence-electron chi connectivity index (χ0n) is 10.6. The van der Waals surface area contributed by atoms with E-state index in [1.807, 2.05) is 26.0 Å². The Bertz CT molecular complexity index is 287. The topological polar surface area (TPSA) is 102 Å². The first-order valence-corrected chi connectivity index (χ1v) is 5.91. The van der Waals surface area contributed by atoms with Crippen molar-refractivity contribution in [3.05, 3.63) is 12.2 Å². The lowest BCUT2D eigenvalue weighted by molar-refractivity contribution is -0.139. The summed E-state index contributed by atoms with van der Waals surface area (Å²) in [6.07, 6.45) is 5.87. The number of carboxylic acids is 1. The highest BCUT2D eigenvalue weighted by molar-refractivity contribution is 5.81. The molecule has 17 heavy (non-hydrogen) atoms. The van der Waals surface area contributed by atoms with Crippen LogP contribution < -0.4 is 11.5 Å². The summed E-state index contributed by atoms with van der Waals surface area (Å²) < 4.78 is 0. The van der Waals surface area contributed by atoms with Crippen LogP contribution in [0, 0.1) is 5.92 Å². The van der Waals surface area contributed by atoms with Gasteiger partial charge in [-0.25, -0.2) is 0 Å². The highest BCUT2D eigenvalue weighted by atomic mass is 16.4. The minimum atomic E-state index is -0.956. The van der Waals surface area contributed by atoms with Gasteiger partial charge in [-0.1, -0.05) is 25.5 Å². The zero-order valence-corrected chi connectivity index (χ0v) is 10.6. The van der Waals surface area contributed by atoms with Crippen LogP contribution in [0.2, 0.25) is 0 Å². The average Bonchev–Trinajstić information content (AvgIpc) is 2.31. The Labute approximate surface area is 103 Å². The van der Waals surface area contributed by atoms with Crippen LogP contribution >= 0.6 is 0 Å². The molecule has 0 amide bonds. The molecule has 1 unspecified atom stereocenters. The van der Waals surface area contributed by atoms with Crippen molar-refractivity contribution < 1.29 is 9.90 Å². The zero-order chi connectivity index (χ0) is 13.3. The molecular weight excluding hydrogens is 218 g/mol. The van der Waals surface area contributed by atoms with Crippen LogP contribution in [0.25, 0.3) is 0 Å². The van der Waals surface area contributed by atoms with Crippen molar-refractivity contribution in [2.24, 2.45) is 22.4 Å². The molecular formula is C12H23N3O2. The molecule has 0 bridgehead atoms. The lowest BCUT2D eigenvalue weighted by Crippen LogP contribution is -2.38. The Morgan fingerprint density at radius 2 is 2.18 bits per heavy atom. The number of carboxylic acid groups (broad SMARTS) is 1. The van der Waals surface area contributed by atoms with Gasteiger partial charge in [-0.15, -0.1) is 0 Å². The largest absolute Gasteiger partial charge is 0.480 e. The number of aliphatic imine (C=N–C) groups is 1. The van der Waals surface area contributed by atoms with Crippen molar-refractivity contribution in [2.75, 3.05) is 6.54 Å². The number of nitrogens with zero attached hydrogens (tertiary/aromatic N) is 1. The van der Waals surface area contributed by atoms with E-state index in [9.17, 15) is 4.79 Å². The number of nitrogens with two attached hydrogens (primary N) is 2. The molecule has 5 heteroatoms. The standard InChI is InChI=1S/C12H23N3O2/c1-3-5-6-10(13)15-8-7-9(4-2)11(14)12(16)17/h3,5,9,11H,4,6-8,14H2,1-2H3,(H2,13,15)(H,16,17)/t9?,11-/m0/s1. The third kappa shape index (κ3) is 6.73. The van der Waals surface area contributed by atoms with Crippen molar-refractivity contribution in [3.8, 4) is 0 Å². The first-order valence-electron chi connectivity index (χ1n) is 5.91. The molecule has 0 aromatic carbocycles. The smallest absolute Gasteiger partial charge is 0.320 e. The van der Waals surface area contributed by atoms with Gasteiger partial charge in [0, 0.05) is 13.0 Å². The van der Waals surface area contributed by atoms with Crippen LogP contribution in [0.4, 0.5) is 0 Å². The maximum Gasteiger partial charge on any atom is 0.320 e. The second-order valence-corrected chi connectivity index (χ2v) is 3.97. The molecule has 0 saturated heterocycles.